The molecule has 2 fully saturated rings. The van der Waals surface area contributed by atoms with Crippen molar-refractivity contribution in [3.8, 4) is 0 Å². The van der Waals surface area contributed by atoms with E-state index in [0.717, 1.165) is 82.1 Å². The van der Waals surface area contributed by atoms with E-state index in [1.807, 2.05) is 35.0 Å². The number of hydrogen-bond acceptors (Lipinski definition) is 9. The van der Waals surface area contributed by atoms with Crippen molar-refractivity contribution < 1.29 is 19.1 Å². The second-order valence-corrected chi connectivity index (χ2v) is 12.2. The van der Waals surface area contributed by atoms with Crippen LogP contribution >= 0.6 is 11.3 Å². The summed E-state index contributed by atoms with van der Waals surface area (Å²) in [6, 6.07) is 0.189. The zero-order valence-corrected chi connectivity index (χ0v) is 29.7. The number of primary amides is 1. The van der Waals surface area contributed by atoms with Gasteiger partial charge >= 0.3 is 0 Å². The average molecular weight is 651 g/mol. The van der Waals surface area contributed by atoms with Crippen molar-refractivity contribution >= 4 is 36.0 Å². The van der Waals surface area contributed by atoms with Crippen LogP contribution in [0.5, 0.6) is 0 Å². The third-order valence-corrected chi connectivity index (χ3v) is 8.64. The molecule has 2 amide bonds. The first kappa shape index (κ1) is 42.6. The number of hydrogen-bond donors (Lipinski definition) is 4. The molecule has 2 unspecified atom stereocenters. The Balaban J connectivity index is 0.000000843. The number of piperidine rings is 1. The van der Waals surface area contributed by atoms with Crippen LogP contribution in [0, 0.1) is 11.8 Å². The minimum absolute atomic E-state index is 0.131. The number of fused-ring (bicyclic) bond motifs is 1. The Kier molecular flexibility index (Phi) is 26.3. The molecule has 3 aliphatic rings. The lowest BCUT2D eigenvalue weighted by molar-refractivity contribution is -0.122. The second-order valence-electron chi connectivity index (χ2n) is 11.1. The molecular weight excluding hydrogens is 588 g/mol. The van der Waals surface area contributed by atoms with Crippen LogP contribution in [0.3, 0.4) is 0 Å². The predicted octanol–water partition coefficient (Wildman–Crippen LogP) is 3.99. The normalized spacial score (nSPS) is 18.0. The first-order chi connectivity index (χ1) is 21.8. The van der Waals surface area contributed by atoms with E-state index in [1.54, 1.807) is 11.3 Å². The number of rotatable bonds is 11. The third-order valence-electron chi connectivity index (χ3n) is 7.48. The van der Waals surface area contributed by atoms with Gasteiger partial charge in [0.1, 0.15) is 6.29 Å². The van der Waals surface area contributed by atoms with E-state index in [9.17, 15) is 9.59 Å². The molecule has 1 aromatic rings. The fourth-order valence-corrected chi connectivity index (χ4v) is 6.37. The Labute approximate surface area is 277 Å². The zero-order chi connectivity index (χ0) is 33.9. The van der Waals surface area contributed by atoms with Gasteiger partial charge in [0.15, 0.2) is 0 Å². The number of thiazole rings is 1. The number of carbonyl (C=O) groups is 3. The molecule has 1 aromatic heterocycles. The third kappa shape index (κ3) is 19.0. The Morgan fingerprint density at radius 3 is 2.36 bits per heavy atom. The minimum Gasteiger partial charge on any atom is -0.381 e. The number of aromatic nitrogens is 1. The fraction of sp³-hybridized carbons (Fsp3) is 0.706. The van der Waals surface area contributed by atoms with Gasteiger partial charge in [-0.15, -0.1) is 11.3 Å². The number of allylic oxidation sites excluding steroid dienone is 1. The lowest BCUT2D eigenvalue weighted by Crippen LogP contribution is -2.47. The summed E-state index contributed by atoms with van der Waals surface area (Å²) < 4.78 is 5.45. The van der Waals surface area contributed by atoms with Crippen LogP contribution in [0.4, 0.5) is 0 Å². The Hall–Kier alpha value is -2.44. The smallest absolute Gasteiger partial charge is 0.220 e. The molecule has 0 saturated carbocycles. The summed E-state index contributed by atoms with van der Waals surface area (Å²) in [5, 5.41) is 10.3. The van der Waals surface area contributed by atoms with Gasteiger partial charge in [0.25, 0.3) is 0 Å². The molecule has 4 rings (SSSR count). The van der Waals surface area contributed by atoms with Crippen LogP contribution in [0.1, 0.15) is 81.3 Å². The molecule has 2 aliphatic heterocycles. The van der Waals surface area contributed by atoms with E-state index >= 15 is 0 Å². The van der Waals surface area contributed by atoms with Crippen LogP contribution in [-0.2, 0) is 32.0 Å². The summed E-state index contributed by atoms with van der Waals surface area (Å²) in [4.78, 5) is 39.7. The molecule has 0 aromatic carbocycles. The maximum atomic E-state index is 12.5. The van der Waals surface area contributed by atoms with E-state index in [4.69, 9.17) is 14.5 Å². The first-order valence-electron chi connectivity index (χ1n) is 16.6. The highest BCUT2D eigenvalue weighted by molar-refractivity contribution is 7.11. The number of aryl methyl sites for hydroxylation is 1. The van der Waals surface area contributed by atoms with Crippen molar-refractivity contribution in [1.82, 2.24) is 25.8 Å². The zero-order valence-electron chi connectivity index (χ0n) is 28.9. The molecule has 5 N–H and O–H groups in total. The molecule has 11 heteroatoms. The van der Waals surface area contributed by atoms with Gasteiger partial charge in [0.2, 0.25) is 12.3 Å². The minimum atomic E-state index is 0.131. The molecule has 3 heterocycles. The number of nitrogens with one attached hydrogen (secondary N) is 3. The van der Waals surface area contributed by atoms with Gasteiger partial charge < -0.3 is 26.4 Å². The van der Waals surface area contributed by atoms with E-state index in [0.29, 0.717) is 23.8 Å². The largest absolute Gasteiger partial charge is 0.381 e. The van der Waals surface area contributed by atoms with Gasteiger partial charge in [-0.2, -0.15) is 0 Å². The summed E-state index contributed by atoms with van der Waals surface area (Å²) in [5.74, 6) is 1.27. The molecule has 0 bridgehead atoms. The van der Waals surface area contributed by atoms with Crippen molar-refractivity contribution in [2.45, 2.75) is 84.6 Å². The van der Waals surface area contributed by atoms with E-state index < -0.39 is 0 Å². The van der Waals surface area contributed by atoms with Gasteiger partial charge in [-0.05, 0) is 96.2 Å². The summed E-state index contributed by atoms with van der Waals surface area (Å²) in [6.45, 7) is 15.3. The second kappa shape index (κ2) is 27.8. The summed E-state index contributed by atoms with van der Waals surface area (Å²) >= 11 is 1.78. The number of amides is 2. The van der Waals surface area contributed by atoms with Crippen LogP contribution in [-0.4, -0.2) is 95.1 Å². The highest BCUT2D eigenvalue weighted by atomic mass is 32.1. The summed E-state index contributed by atoms with van der Waals surface area (Å²) in [6.07, 6.45) is 15.0. The average Bonchev–Trinajstić information content (AvgIpc) is 3.49. The van der Waals surface area contributed by atoms with Gasteiger partial charge in [0, 0.05) is 50.1 Å². The maximum absolute atomic E-state index is 12.5. The lowest BCUT2D eigenvalue weighted by atomic mass is 9.91. The standard InChI is InChI=1S/C20H31N3O2S.C9H15NO.C2H7N.C2H6.CH3NO/c1-3-14-4-5-16-18(12-14)26-20(23-16)7-6-19(24)22-17(13-21-2)15-8-10-25-11-9-15;1-9(8-11)7-10-5-3-2-4-6-10;1-3-2;1-2;2-1-3/h4-5,14-15,17,21H,3,6-13H2,1-2H3,(H,22,24);8H,1-7H2;3H,1-2H3;1-2H3;1H,(H2,2,3). The summed E-state index contributed by atoms with van der Waals surface area (Å²) in [7, 11) is 5.69. The van der Waals surface area contributed by atoms with E-state index in [2.05, 4.69) is 52.2 Å². The molecule has 10 nitrogen and oxygen atoms in total. The van der Waals surface area contributed by atoms with Crippen LogP contribution in [0.2, 0.25) is 0 Å². The monoisotopic (exact) mass is 650 g/mol. The van der Waals surface area contributed by atoms with Crippen LogP contribution < -0.4 is 21.7 Å². The number of nitrogens with two attached hydrogens (primary N) is 1. The first-order valence-corrected chi connectivity index (χ1v) is 17.4. The lowest BCUT2D eigenvalue weighted by Gasteiger charge is -2.31. The van der Waals surface area contributed by atoms with Crippen molar-refractivity contribution in [3.05, 3.63) is 33.8 Å². The molecule has 1 aliphatic carbocycles. The van der Waals surface area contributed by atoms with Crippen molar-refractivity contribution in [1.29, 1.82) is 0 Å². The number of aldehydes is 1. The van der Waals surface area contributed by atoms with E-state index in [1.165, 1.54) is 30.6 Å². The van der Waals surface area contributed by atoms with Gasteiger partial charge in [-0.25, -0.2) is 4.98 Å². The van der Waals surface area contributed by atoms with Crippen molar-refractivity contribution in [3.63, 3.8) is 0 Å². The molecule has 45 heavy (non-hydrogen) atoms. The van der Waals surface area contributed by atoms with Crippen molar-refractivity contribution in [2.75, 3.05) is 60.5 Å². The molecule has 2 atom stereocenters. The topological polar surface area (TPSA) is 139 Å². The molecular formula is C34H62N6O4S. The van der Waals surface area contributed by atoms with E-state index in [-0.39, 0.29) is 18.4 Å². The number of likely N-dealkylation sites (tertiary alicyclic amines) is 1. The molecule has 0 radical (unpaired) electrons. The predicted molar refractivity (Wildman–Crippen MR) is 188 cm³/mol. The SMILES string of the molecule is C=C(C=O)CN1CCCCC1.CC.CCC1C=Cc2nc(CCC(=O)NC(CNC)C3CCOCC3)sc2C1.CNC.NC=O. The number of carbonyl (C=O) groups excluding carboxylic acids is 3. The van der Waals surface area contributed by atoms with Crippen LogP contribution in [0.25, 0.3) is 6.08 Å². The molecule has 2 saturated heterocycles. The fourth-order valence-electron chi connectivity index (χ4n) is 5.23. The Morgan fingerprint density at radius 2 is 1.80 bits per heavy atom. The molecule has 258 valence electrons. The highest BCUT2D eigenvalue weighted by Gasteiger charge is 2.25. The van der Waals surface area contributed by atoms with Crippen molar-refractivity contribution in [2.24, 2.45) is 17.6 Å². The number of nitrogens with zero attached hydrogens (tertiary/aromatic N) is 2. The maximum Gasteiger partial charge on any atom is 0.220 e. The Bertz CT molecular complexity index is 958. The number of ether oxygens (including phenoxy) is 1. The van der Waals surface area contributed by atoms with Gasteiger partial charge in [-0.1, -0.05) is 39.8 Å². The Morgan fingerprint density at radius 1 is 1.18 bits per heavy atom. The molecule has 0 spiro atoms. The summed E-state index contributed by atoms with van der Waals surface area (Å²) in [5.41, 5.74) is 5.98. The highest BCUT2D eigenvalue weighted by Crippen LogP contribution is 2.30. The van der Waals surface area contributed by atoms with Crippen LogP contribution in [0.15, 0.2) is 18.2 Å². The van der Waals surface area contributed by atoms with Gasteiger partial charge in [0.05, 0.1) is 10.7 Å². The number of likely N-dealkylation sites (N-methyl/N-ethyl adjacent to an activating group) is 1. The quantitative estimate of drug-likeness (QED) is 0.208. The van der Waals surface area contributed by atoms with Gasteiger partial charge in [-0.3, -0.25) is 19.3 Å².